The fraction of sp³-hybridized carbons (Fsp3) is 0.111. The lowest BCUT2D eigenvalue weighted by Gasteiger charge is -1.93. The Bertz CT molecular complexity index is 431. The number of rotatable bonds is 1. The fourth-order valence-electron chi connectivity index (χ4n) is 1.17. The Morgan fingerprint density at radius 2 is 2.33 bits per heavy atom. The van der Waals surface area contributed by atoms with E-state index in [1.54, 1.807) is 16.8 Å². The fourth-order valence-corrected chi connectivity index (χ4v) is 1.17. The van der Waals surface area contributed by atoms with Crippen LogP contribution in [0.25, 0.3) is 5.52 Å². The molecule has 0 N–H and O–H groups in total. The second-order valence-electron chi connectivity index (χ2n) is 2.74. The second-order valence-corrected chi connectivity index (χ2v) is 2.74. The maximum atomic E-state index is 10.4. The first-order valence-electron chi connectivity index (χ1n) is 3.71. The Morgan fingerprint density at radius 1 is 1.50 bits per heavy atom. The van der Waals surface area contributed by atoms with Crippen LogP contribution < -0.4 is 0 Å². The van der Waals surface area contributed by atoms with E-state index < -0.39 is 0 Å². The third kappa shape index (κ3) is 0.993. The molecule has 0 spiro atoms. The van der Waals surface area contributed by atoms with E-state index in [-0.39, 0.29) is 0 Å². The SMILES string of the molecule is Cc1ccc2cc(C=O)cn2n1. The molecule has 0 saturated carbocycles. The van der Waals surface area contributed by atoms with Crippen LogP contribution in [0.15, 0.2) is 24.4 Å². The predicted octanol–water partition coefficient (Wildman–Crippen LogP) is 1.46. The number of carbonyl (C=O) groups excluding carboxylic acids is 1. The van der Waals surface area contributed by atoms with Crippen LogP contribution in [0.4, 0.5) is 0 Å². The summed E-state index contributed by atoms with van der Waals surface area (Å²) in [4.78, 5) is 10.4. The van der Waals surface area contributed by atoms with Gasteiger partial charge in [-0.2, -0.15) is 5.10 Å². The average Bonchev–Trinajstić information content (AvgIpc) is 2.46. The number of hydrogen-bond acceptors (Lipinski definition) is 2. The van der Waals surface area contributed by atoms with Crippen LogP contribution in [0.5, 0.6) is 0 Å². The van der Waals surface area contributed by atoms with Gasteiger partial charge in [-0.15, -0.1) is 0 Å². The summed E-state index contributed by atoms with van der Waals surface area (Å²) in [6.45, 7) is 1.92. The van der Waals surface area contributed by atoms with Crippen molar-refractivity contribution in [3.05, 3.63) is 35.7 Å². The predicted molar refractivity (Wildman–Crippen MR) is 45.3 cm³/mol. The molecule has 0 aliphatic carbocycles. The summed E-state index contributed by atoms with van der Waals surface area (Å²) in [6.07, 6.45) is 2.54. The third-order valence-corrected chi connectivity index (χ3v) is 1.75. The summed E-state index contributed by atoms with van der Waals surface area (Å²) < 4.78 is 1.71. The number of nitrogens with zero attached hydrogens (tertiary/aromatic N) is 2. The second kappa shape index (κ2) is 2.44. The van der Waals surface area contributed by atoms with Gasteiger partial charge in [0, 0.05) is 11.8 Å². The van der Waals surface area contributed by atoms with Gasteiger partial charge in [0.1, 0.15) is 0 Å². The summed E-state index contributed by atoms with van der Waals surface area (Å²) in [6, 6.07) is 5.67. The molecule has 0 unspecified atom stereocenters. The van der Waals surface area contributed by atoms with Gasteiger partial charge in [-0.3, -0.25) is 4.79 Å². The van der Waals surface area contributed by atoms with Crippen LogP contribution in [0.1, 0.15) is 16.1 Å². The van der Waals surface area contributed by atoms with Crippen LogP contribution in [-0.4, -0.2) is 15.9 Å². The number of fused-ring (bicyclic) bond motifs is 1. The number of carbonyl (C=O) groups is 1. The van der Waals surface area contributed by atoms with Gasteiger partial charge >= 0.3 is 0 Å². The highest BCUT2D eigenvalue weighted by Crippen LogP contribution is 2.06. The maximum Gasteiger partial charge on any atom is 0.151 e. The molecule has 2 rings (SSSR count). The number of aromatic nitrogens is 2. The average molecular weight is 160 g/mol. The lowest BCUT2D eigenvalue weighted by molar-refractivity contribution is 0.112. The molecule has 2 aromatic heterocycles. The Balaban J connectivity index is 2.75. The quantitative estimate of drug-likeness (QED) is 0.592. The van der Waals surface area contributed by atoms with E-state index in [4.69, 9.17) is 0 Å². The van der Waals surface area contributed by atoms with Crippen LogP contribution in [0, 0.1) is 6.92 Å². The maximum absolute atomic E-state index is 10.4. The van der Waals surface area contributed by atoms with Crippen LogP contribution in [0.3, 0.4) is 0 Å². The van der Waals surface area contributed by atoms with E-state index in [0.717, 1.165) is 17.5 Å². The topological polar surface area (TPSA) is 34.4 Å². The highest BCUT2D eigenvalue weighted by atomic mass is 16.1. The van der Waals surface area contributed by atoms with Gasteiger partial charge in [0.25, 0.3) is 0 Å². The molecule has 2 aromatic rings. The molecule has 0 atom stereocenters. The Labute approximate surface area is 69.6 Å². The van der Waals surface area contributed by atoms with Crippen LogP contribution in [-0.2, 0) is 0 Å². The molecular weight excluding hydrogens is 152 g/mol. The van der Waals surface area contributed by atoms with Crippen molar-refractivity contribution in [3.63, 3.8) is 0 Å². The standard InChI is InChI=1S/C9H8N2O/c1-7-2-3-9-4-8(6-12)5-11(9)10-7/h2-6H,1H3. The first-order chi connectivity index (χ1) is 5.79. The van der Waals surface area contributed by atoms with Gasteiger partial charge in [0.2, 0.25) is 0 Å². The zero-order chi connectivity index (χ0) is 8.55. The molecule has 0 radical (unpaired) electrons. The molecule has 0 aliphatic heterocycles. The summed E-state index contributed by atoms with van der Waals surface area (Å²) >= 11 is 0. The van der Waals surface area contributed by atoms with Crippen molar-refractivity contribution < 1.29 is 4.79 Å². The smallest absolute Gasteiger partial charge is 0.151 e. The largest absolute Gasteiger partial charge is 0.298 e. The van der Waals surface area contributed by atoms with Crippen molar-refractivity contribution in [2.75, 3.05) is 0 Å². The van der Waals surface area contributed by atoms with Crippen molar-refractivity contribution in [3.8, 4) is 0 Å². The number of hydrogen-bond donors (Lipinski definition) is 0. The van der Waals surface area contributed by atoms with Crippen molar-refractivity contribution in [1.82, 2.24) is 9.61 Å². The summed E-state index contributed by atoms with van der Waals surface area (Å²) in [5, 5.41) is 4.20. The van der Waals surface area contributed by atoms with E-state index in [1.165, 1.54) is 0 Å². The van der Waals surface area contributed by atoms with E-state index in [9.17, 15) is 4.79 Å². The monoisotopic (exact) mass is 160 g/mol. The van der Waals surface area contributed by atoms with Gasteiger partial charge in [0.15, 0.2) is 6.29 Å². The van der Waals surface area contributed by atoms with Crippen molar-refractivity contribution >= 4 is 11.8 Å². The lowest BCUT2D eigenvalue weighted by atomic mass is 10.3. The molecular formula is C9H8N2O. The molecule has 0 saturated heterocycles. The minimum absolute atomic E-state index is 0.660. The molecule has 2 heterocycles. The first kappa shape index (κ1) is 7.03. The minimum atomic E-state index is 0.660. The molecule has 3 nitrogen and oxygen atoms in total. The molecule has 0 amide bonds. The van der Waals surface area contributed by atoms with Gasteiger partial charge in [-0.05, 0) is 25.1 Å². The van der Waals surface area contributed by atoms with Gasteiger partial charge in [-0.25, -0.2) is 4.52 Å². The molecule has 0 bridgehead atoms. The molecule has 0 aliphatic rings. The molecule has 0 aromatic carbocycles. The zero-order valence-corrected chi connectivity index (χ0v) is 6.69. The Morgan fingerprint density at radius 3 is 3.08 bits per heavy atom. The highest BCUT2D eigenvalue weighted by molar-refractivity contribution is 5.77. The summed E-state index contributed by atoms with van der Waals surface area (Å²) in [5.41, 5.74) is 2.55. The van der Waals surface area contributed by atoms with Crippen molar-refractivity contribution in [2.45, 2.75) is 6.92 Å². The summed E-state index contributed by atoms with van der Waals surface area (Å²) in [7, 11) is 0. The zero-order valence-electron chi connectivity index (χ0n) is 6.69. The molecule has 0 fully saturated rings. The van der Waals surface area contributed by atoms with Crippen molar-refractivity contribution in [2.24, 2.45) is 0 Å². The van der Waals surface area contributed by atoms with Gasteiger partial charge in [-0.1, -0.05) is 0 Å². The van der Waals surface area contributed by atoms with Crippen LogP contribution >= 0.6 is 0 Å². The van der Waals surface area contributed by atoms with E-state index in [0.29, 0.717) is 5.56 Å². The van der Waals surface area contributed by atoms with E-state index in [1.807, 2.05) is 19.1 Å². The third-order valence-electron chi connectivity index (χ3n) is 1.75. The number of aryl methyl sites for hydroxylation is 1. The van der Waals surface area contributed by atoms with Crippen LogP contribution in [0.2, 0.25) is 0 Å². The number of aldehydes is 1. The van der Waals surface area contributed by atoms with Gasteiger partial charge < -0.3 is 0 Å². The lowest BCUT2D eigenvalue weighted by Crippen LogP contribution is -1.90. The normalized spacial score (nSPS) is 10.4. The van der Waals surface area contributed by atoms with E-state index in [2.05, 4.69) is 5.10 Å². The molecule has 12 heavy (non-hydrogen) atoms. The van der Waals surface area contributed by atoms with Crippen molar-refractivity contribution in [1.29, 1.82) is 0 Å². The van der Waals surface area contributed by atoms with E-state index >= 15 is 0 Å². The first-order valence-corrected chi connectivity index (χ1v) is 3.71. The highest BCUT2D eigenvalue weighted by Gasteiger charge is 1.97. The Hall–Kier alpha value is -1.64. The van der Waals surface area contributed by atoms with Gasteiger partial charge in [0.05, 0.1) is 11.2 Å². The molecule has 3 heteroatoms. The summed E-state index contributed by atoms with van der Waals surface area (Å²) in [5.74, 6) is 0. The molecule has 60 valence electrons. The minimum Gasteiger partial charge on any atom is -0.298 e. The Kier molecular flexibility index (Phi) is 1.43.